The van der Waals surface area contributed by atoms with Gasteiger partial charge >= 0.3 is 5.97 Å². The van der Waals surface area contributed by atoms with Crippen LogP contribution in [0.2, 0.25) is 0 Å². The Bertz CT molecular complexity index is 1580. The maximum absolute atomic E-state index is 14.4. The highest BCUT2D eigenvalue weighted by molar-refractivity contribution is 5.76. The zero-order valence-corrected chi connectivity index (χ0v) is 38.2. The molecule has 0 radical (unpaired) electrons. The number of esters is 1. The number of carbonyl (C=O) groups is 1. The van der Waals surface area contributed by atoms with Crippen LogP contribution in [0.25, 0.3) is 0 Å². The molecule has 15 nitrogen and oxygen atoms in total. The van der Waals surface area contributed by atoms with Crippen molar-refractivity contribution in [3.8, 4) is 0 Å². The van der Waals surface area contributed by atoms with Gasteiger partial charge in [-0.2, -0.15) is 0 Å². The lowest BCUT2D eigenvalue weighted by Gasteiger charge is -2.48. The van der Waals surface area contributed by atoms with Gasteiger partial charge in [-0.1, -0.05) is 51.1 Å². The second-order valence-corrected chi connectivity index (χ2v) is 19.0. The molecule has 0 bridgehead atoms. The number of hydrogen-bond donors (Lipinski definition) is 4. The van der Waals surface area contributed by atoms with Crippen LogP contribution >= 0.6 is 0 Å². The van der Waals surface area contributed by atoms with Gasteiger partial charge in [-0.25, -0.2) is 4.99 Å². The standard InChI is InChI=1S/C45H75N3O12/c1-14-33-45(10,53)37(49)29(6)47(11)24-25(2)21-43(8,52)39(27(4)35(28(5)40(51)57-33)58-34-22-44(9,54-13)38(50)30(7)56-34)60-41-36-32(20-26(3)55-41)48(12)42(59-36)46-23-31-18-16-15-17-19-31/h15-19,25-30,32-39,41,49-50,52-53H,14,20-24H2,1-13H3/t25-,26-,27+,28-,29-,30+,32+,33-,34+,35+,36-,37-,38+,39-,41-,43-,44-,45-/m1/s1. The second kappa shape index (κ2) is 19.5. The summed E-state index contributed by atoms with van der Waals surface area (Å²) < 4.78 is 45.1. The molecule has 0 aromatic heterocycles. The lowest BCUT2D eigenvalue weighted by Crippen LogP contribution is -2.60. The summed E-state index contributed by atoms with van der Waals surface area (Å²) in [6.45, 7) is 18.8. The Hall–Kier alpha value is -2.44. The number of fused-ring (bicyclic) bond motifs is 1. The first kappa shape index (κ1) is 48.6. The van der Waals surface area contributed by atoms with Gasteiger partial charge in [-0.15, -0.1) is 0 Å². The van der Waals surface area contributed by atoms with Crippen LogP contribution in [-0.4, -0.2) is 160 Å². The highest BCUT2D eigenvalue weighted by atomic mass is 16.7. The minimum Gasteiger partial charge on any atom is -0.459 e. The lowest BCUT2D eigenvalue weighted by molar-refractivity contribution is -0.313. The summed E-state index contributed by atoms with van der Waals surface area (Å²) in [6.07, 6.45) is -7.41. The third-order valence-electron chi connectivity index (χ3n) is 13.8. The Morgan fingerprint density at radius 1 is 0.917 bits per heavy atom. The van der Waals surface area contributed by atoms with Crippen LogP contribution in [-0.2, 0) is 44.5 Å². The fraction of sp³-hybridized carbons (Fsp3) is 0.822. The van der Waals surface area contributed by atoms with E-state index in [4.69, 9.17) is 38.2 Å². The van der Waals surface area contributed by atoms with Gasteiger partial charge in [0.2, 0.25) is 0 Å². The van der Waals surface area contributed by atoms with Gasteiger partial charge in [-0.3, -0.25) is 4.79 Å². The summed E-state index contributed by atoms with van der Waals surface area (Å²) in [6, 6.07) is 9.74. The molecule has 0 aliphatic carbocycles. The minimum atomic E-state index is -1.80. The van der Waals surface area contributed by atoms with Gasteiger partial charge in [0.25, 0.3) is 6.02 Å². The van der Waals surface area contributed by atoms with Gasteiger partial charge in [0.1, 0.15) is 23.9 Å². The average molecular weight is 850 g/mol. The molecule has 342 valence electrons. The summed E-state index contributed by atoms with van der Waals surface area (Å²) in [4.78, 5) is 23.2. The number of carbonyl (C=O) groups excluding carboxylic acids is 1. The van der Waals surface area contributed by atoms with Crippen LogP contribution in [0.1, 0.15) is 100 Å². The lowest BCUT2D eigenvalue weighted by atomic mass is 9.77. The maximum atomic E-state index is 14.4. The van der Waals surface area contributed by atoms with E-state index in [1.165, 1.54) is 14.0 Å². The van der Waals surface area contributed by atoms with Crippen molar-refractivity contribution in [1.29, 1.82) is 0 Å². The molecule has 4 N–H and O–H groups in total. The molecule has 0 spiro atoms. The summed E-state index contributed by atoms with van der Waals surface area (Å²) in [5.74, 6) is -2.54. The van der Waals surface area contributed by atoms with E-state index < -0.39 is 96.0 Å². The first-order chi connectivity index (χ1) is 28.0. The number of ether oxygens (including phenoxy) is 7. The van der Waals surface area contributed by atoms with E-state index in [0.717, 1.165) is 5.56 Å². The van der Waals surface area contributed by atoms with Crippen molar-refractivity contribution < 1.29 is 58.4 Å². The normalized spacial score (nSPS) is 46.0. The summed E-state index contributed by atoms with van der Waals surface area (Å²) in [5, 5.41) is 47.3. The summed E-state index contributed by atoms with van der Waals surface area (Å²) in [5.41, 5.74) is -3.33. The van der Waals surface area contributed by atoms with Crippen LogP contribution < -0.4 is 0 Å². The van der Waals surface area contributed by atoms with E-state index in [-0.39, 0.29) is 37.3 Å². The molecule has 0 saturated carbocycles. The Balaban J connectivity index is 1.56. The number of amidine groups is 1. The molecule has 4 aliphatic heterocycles. The highest BCUT2D eigenvalue weighted by Crippen LogP contribution is 2.41. The number of aliphatic imine (C=N–C) groups is 1. The van der Waals surface area contributed by atoms with E-state index in [2.05, 4.69) is 0 Å². The quantitative estimate of drug-likeness (QED) is 0.277. The van der Waals surface area contributed by atoms with E-state index in [9.17, 15) is 25.2 Å². The van der Waals surface area contributed by atoms with Crippen LogP contribution in [0.15, 0.2) is 35.3 Å². The Morgan fingerprint density at radius 2 is 1.58 bits per heavy atom. The smallest absolute Gasteiger partial charge is 0.311 e. The monoisotopic (exact) mass is 850 g/mol. The molecule has 4 aliphatic rings. The maximum Gasteiger partial charge on any atom is 0.311 e. The predicted octanol–water partition coefficient (Wildman–Crippen LogP) is 3.87. The molecule has 0 amide bonds. The van der Waals surface area contributed by atoms with Gasteiger partial charge in [0.05, 0.1) is 54.1 Å². The first-order valence-electron chi connectivity index (χ1n) is 21.9. The van der Waals surface area contributed by atoms with Gasteiger partial charge in [0, 0.05) is 39.1 Å². The molecule has 18 atom stereocenters. The topological polar surface area (TPSA) is 181 Å². The van der Waals surface area contributed by atoms with E-state index in [1.807, 2.05) is 81.9 Å². The van der Waals surface area contributed by atoms with Crippen LogP contribution in [0, 0.1) is 17.8 Å². The number of methoxy groups -OCH3 is 1. The fourth-order valence-electron chi connectivity index (χ4n) is 9.96. The van der Waals surface area contributed by atoms with Crippen LogP contribution in [0.4, 0.5) is 0 Å². The molecule has 60 heavy (non-hydrogen) atoms. The van der Waals surface area contributed by atoms with Crippen molar-refractivity contribution in [1.82, 2.24) is 9.80 Å². The Morgan fingerprint density at radius 3 is 2.22 bits per heavy atom. The van der Waals surface area contributed by atoms with Crippen molar-refractivity contribution in [2.45, 2.75) is 192 Å². The Kier molecular flexibility index (Phi) is 15.8. The van der Waals surface area contributed by atoms with Crippen molar-refractivity contribution in [3.63, 3.8) is 0 Å². The third-order valence-corrected chi connectivity index (χ3v) is 13.8. The molecular formula is C45H75N3O12. The number of benzene rings is 1. The molecule has 0 unspecified atom stereocenters. The van der Waals surface area contributed by atoms with Crippen LogP contribution in [0.3, 0.4) is 0 Å². The van der Waals surface area contributed by atoms with Gasteiger partial charge in [-0.05, 0) is 86.3 Å². The fourth-order valence-corrected chi connectivity index (χ4v) is 9.96. The van der Waals surface area contributed by atoms with Gasteiger partial charge in [0.15, 0.2) is 18.7 Å². The first-order valence-corrected chi connectivity index (χ1v) is 21.9. The molecular weight excluding hydrogens is 775 g/mol. The van der Waals surface area contributed by atoms with E-state index in [1.54, 1.807) is 34.6 Å². The number of likely N-dealkylation sites (N-methyl/N-ethyl adjacent to an activating group) is 2. The summed E-state index contributed by atoms with van der Waals surface area (Å²) in [7, 11) is 5.34. The van der Waals surface area contributed by atoms with Crippen molar-refractivity contribution in [3.05, 3.63) is 35.9 Å². The van der Waals surface area contributed by atoms with Crippen molar-refractivity contribution in [2.24, 2.45) is 22.7 Å². The molecule has 4 fully saturated rings. The number of cyclic esters (lactones) is 1. The average Bonchev–Trinajstić information content (AvgIpc) is 3.51. The predicted molar refractivity (Wildman–Crippen MR) is 225 cm³/mol. The molecule has 1 aromatic carbocycles. The van der Waals surface area contributed by atoms with E-state index in [0.29, 0.717) is 25.5 Å². The van der Waals surface area contributed by atoms with Crippen LogP contribution in [0.5, 0.6) is 0 Å². The number of hydrogen-bond acceptors (Lipinski definition) is 14. The highest BCUT2D eigenvalue weighted by Gasteiger charge is 2.54. The third kappa shape index (κ3) is 10.5. The molecule has 15 heteroatoms. The number of aliphatic hydroxyl groups excluding tert-OH is 2. The Labute approximate surface area is 357 Å². The van der Waals surface area contributed by atoms with Gasteiger partial charge < -0.3 is 63.4 Å². The molecule has 4 heterocycles. The second-order valence-electron chi connectivity index (χ2n) is 19.0. The minimum absolute atomic E-state index is 0.133. The largest absolute Gasteiger partial charge is 0.459 e. The SMILES string of the molecule is CC[C@H]1OC(=O)[C@H](C)[C@@H](O[C@H]2C[C@@](C)(OC)[C@@H](O)[C@H](C)O2)[C@H](C)[C@@H](O[C@H]2O[C@H](C)C[C@H]3[C@H]2OC(=NCc2ccccc2)N3C)[C@](C)(O)C[C@@H](C)CN(C)[C@H](C)[C@@H](O)[C@]1(C)O. The van der Waals surface area contributed by atoms with Crippen molar-refractivity contribution >= 4 is 12.0 Å². The van der Waals surface area contributed by atoms with Crippen molar-refractivity contribution in [2.75, 3.05) is 27.7 Å². The number of aliphatic hydroxyl groups is 4. The number of rotatable bonds is 8. The molecule has 1 aromatic rings. The molecule has 4 saturated heterocycles. The zero-order chi connectivity index (χ0) is 44.5. The van der Waals surface area contributed by atoms with E-state index >= 15 is 0 Å². The summed E-state index contributed by atoms with van der Waals surface area (Å²) >= 11 is 0. The number of nitrogens with zero attached hydrogens (tertiary/aromatic N) is 3. The zero-order valence-electron chi connectivity index (χ0n) is 38.2. The molecule has 5 rings (SSSR count).